The van der Waals surface area contributed by atoms with Crippen LogP contribution in [0.5, 0.6) is 0 Å². The van der Waals surface area contributed by atoms with Gasteiger partial charge in [0.2, 0.25) is 5.03 Å². The van der Waals surface area contributed by atoms with Crippen LogP contribution in [-0.2, 0) is 19.6 Å². The van der Waals surface area contributed by atoms with Gasteiger partial charge in [0.25, 0.3) is 10.0 Å². The van der Waals surface area contributed by atoms with Crippen molar-refractivity contribution in [1.29, 1.82) is 0 Å². The van der Waals surface area contributed by atoms with Crippen LogP contribution in [0.4, 0.5) is 4.39 Å². The van der Waals surface area contributed by atoms with E-state index in [2.05, 4.69) is 9.72 Å². The van der Waals surface area contributed by atoms with Gasteiger partial charge in [0.1, 0.15) is 6.54 Å². The zero-order valence-corrected chi connectivity index (χ0v) is 9.12. The van der Waals surface area contributed by atoms with E-state index in [1.807, 2.05) is 4.72 Å². The van der Waals surface area contributed by atoms with Gasteiger partial charge in [0.05, 0.1) is 7.11 Å². The number of ether oxygens (including phenoxy) is 1. The average molecular weight is 248 g/mol. The Kier molecular flexibility index (Phi) is 3.91. The van der Waals surface area contributed by atoms with E-state index in [0.717, 1.165) is 19.4 Å². The molecule has 0 aliphatic carbocycles. The molecule has 0 aromatic carbocycles. The topological polar surface area (TPSA) is 85.4 Å². The lowest BCUT2D eigenvalue weighted by molar-refractivity contribution is -0.139. The fraction of sp³-hybridized carbons (Fsp3) is 0.250. The fourth-order valence-corrected chi connectivity index (χ4v) is 1.83. The predicted octanol–water partition coefficient (Wildman–Crippen LogP) is -0.328. The average Bonchev–Trinajstić information content (AvgIpc) is 2.26. The van der Waals surface area contributed by atoms with Crippen molar-refractivity contribution in [2.45, 2.75) is 5.03 Å². The summed E-state index contributed by atoms with van der Waals surface area (Å²) in [6.45, 7) is -0.575. The summed E-state index contributed by atoms with van der Waals surface area (Å²) in [7, 11) is -3.02. The van der Waals surface area contributed by atoms with Gasteiger partial charge < -0.3 is 4.74 Å². The molecule has 0 amide bonds. The summed E-state index contributed by atoms with van der Waals surface area (Å²) in [4.78, 5) is 14.1. The van der Waals surface area contributed by atoms with E-state index in [0.29, 0.717) is 0 Å². The number of rotatable bonds is 4. The number of sulfonamides is 1. The minimum Gasteiger partial charge on any atom is -0.468 e. The normalized spacial score (nSPS) is 11.1. The van der Waals surface area contributed by atoms with Gasteiger partial charge in [-0.25, -0.2) is 17.8 Å². The van der Waals surface area contributed by atoms with E-state index in [-0.39, 0.29) is 0 Å². The number of nitrogens with zero attached hydrogens (tertiary/aromatic N) is 1. The third kappa shape index (κ3) is 2.97. The summed E-state index contributed by atoms with van der Waals surface area (Å²) >= 11 is 0. The Labute approximate surface area is 91.5 Å². The lowest BCUT2D eigenvalue weighted by Gasteiger charge is -2.05. The molecule has 0 fully saturated rings. The fourth-order valence-electron chi connectivity index (χ4n) is 0.863. The van der Waals surface area contributed by atoms with Crippen molar-refractivity contribution in [3.8, 4) is 0 Å². The van der Waals surface area contributed by atoms with Gasteiger partial charge in [0, 0.05) is 6.20 Å². The Morgan fingerprint density at radius 1 is 1.62 bits per heavy atom. The Morgan fingerprint density at radius 3 is 2.88 bits per heavy atom. The highest BCUT2D eigenvalue weighted by Crippen LogP contribution is 2.09. The molecule has 1 N–H and O–H groups in total. The number of nitrogens with one attached hydrogen (secondary N) is 1. The zero-order chi connectivity index (χ0) is 12.2. The second-order valence-corrected chi connectivity index (χ2v) is 4.37. The van der Waals surface area contributed by atoms with Crippen molar-refractivity contribution >= 4 is 16.0 Å². The second kappa shape index (κ2) is 4.99. The molecule has 88 valence electrons. The molecule has 0 saturated heterocycles. The Morgan fingerprint density at radius 2 is 2.31 bits per heavy atom. The number of esters is 1. The minimum absolute atomic E-state index is 0.575. The largest absolute Gasteiger partial charge is 0.468 e. The van der Waals surface area contributed by atoms with Gasteiger partial charge >= 0.3 is 5.97 Å². The van der Waals surface area contributed by atoms with Crippen LogP contribution in [-0.4, -0.2) is 33.0 Å². The van der Waals surface area contributed by atoms with Gasteiger partial charge in [-0.1, -0.05) is 0 Å². The van der Waals surface area contributed by atoms with Crippen molar-refractivity contribution in [1.82, 2.24) is 9.71 Å². The number of hydrogen-bond donors (Lipinski definition) is 1. The van der Waals surface area contributed by atoms with Crippen molar-refractivity contribution in [3.63, 3.8) is 0 Å². The summed E-state index contributed by atoms with van der Waals surface area (Å²) in [5.41, 5.74) is 0. The van der Waals surface area contributed by atoms with E-state index < -0.39 is 33.4 Å². The lowest BCUT2D eigenvalue weighted by atomic mass is 10.5. The molecular weight excluding hydrogens is 239 g/mol. The van der Waals surface area contributed by atoms with Gasteiger partial charge in [-0.05, 0) is 12.1 Å². The molecule has 6 nitrogen and oxygen atoms in total. The predicted molar refractivity (Wildman–Crippen MR) is 51.4 cm³/mol. The van der Waals surface area contributed by atoms with Crippen LogP contribution >= 0.6 is 0 Å². The minimum atomic E-state index is -4.13. The van der Waals surface area contributed by atoms with Crippen LogP contribution < -0.4 is 4.72 Å². The molecule has 0 radical (unpaired) electrons. The second-order valence-electron chi connectivity index (χ2n) is 2.69. The van der Waals surface area contributed by atoms with E-state index in [1.165, 1.54) is 6.07 Å². The quantitative estimate of drug-likeness (QED) is 0.737. The van der Waals surface area contributed by atoms with Crippen LogP contribution in [0, 0.1) is 5.82 Å². The van der Waals surface area contributed by atoms with Crippen molar-refractivity contribution in [2.24, 2.45) is 0 Å². The number of carbonyl (C=O) groups excluding carboxylic acids is 1. The van der Waals surface area contributed by atoms with Crippen molar-refractivity contribution in [2.75, 3.05) is 13.7 Å². The van der Waals surface area contributed by atoms with Gasteiger partial charge in [-0.15, -0.1) is 0 Å². The zero-order valence-electron chi connectivity index (χ0n) is 8.31. The summed E-state index contributed by atoms with van der Waals surface area (Å²) in [5, 5.41) is -0.751. The Balaban J connectivity index is 2.87. The first-order valence-corrected chi connectivity index (χ1v) is 5.62. The maximum atomic E-state index is 13.1. The lowest BCUT2D eigenvalue weighted by Crippen LogP contribution is -2.31. The number of pyridine rings is 1. The smallest absolute Gasteiger partial charge is 0.320 e. The molecule has 1 aromatic heterocycles. The van der Waals surface area contributed by atoms with E-state index >= 15 is 0 Å². The third-order valence-corrected chi connectivity index (χ3v) is 2.95. The highest BCUT2D eigenvalue weighted by atomic mass is 32.2. The molecule has 0 unspecified atom stereocenters. The van der Waals surface area contributed by atoms with Crippen molar-refractivity contribution < 1.29 is 22.3 Å². The number of methoxy groups -OCH3 is 1. The number of halogens is 1. The van der Waals surface area contributed by atoms with E-state index in [1.54, 1.807) is 0 Å². The molecule has 8 heteroatoms. The summed E-state index contributed by atoms with van der Waals surface area (Å²) < 4.78 is 42.1. The van der Waals surface area contributed by atoms with Crippen LogP contribution in [0.15, 0.2) is 23.4 Å². The first-order chi connectivity index (χ1) is 7.47. The molecule has 0 spiro atoms. The number of hydrogen-bond acceptors (Lipinski definition) is 5. The number of carbonyl (C=O) groups is 1. The number of aromatic nitrogens is 1. The van der Waals surface area contributed by atoms with Gasteiger partial charge in [-0.3, -0.25) is 4.79 Å². The maximum absolute atomic E-state index is 13.1. The van der Waals surface area contributed by atoms with Crippen LogP contribution in [0.2, 0.25) is 0 Å². The highest BCUT2D eigenvalue weighted by molar-refractivity contribution is 7.89. The highest BCUT2D eigenvalue weighted by Gasteiger charge is 2.21. The van der Waals surface area contributed by atoms with E-state index in [9.17, 15) is 17.6 Å². The first-order valence-electron chi connectivity index (χ1n) is 4.14. The molecule has 0 bridgehead atoms. The monoisotopic (exact) mass is 248 g/mol. The van der Waals surface area contributed by atoms with Crippen LogP contribution in [0.1, 0.15) is 0 Å². The summed E-state index contributed by atoms with van der Waals surface area (Å²) in [6, 6.07) is 2.22. The molecule has 0 saturated carbocycles. The first kappa shape index (κ1) is 12.5. The SMILES string of the molecule is COC(=O)CNS(=O)(=O)c1ncccc1F. The van der Waals surface area contributed by atoms with Crippen LogP contribution in [0.25, 0.3) is 0 Å². The molecule has 1 aromatic rings. The molecular formula is C8H9FN2O4S. The maximum Gasteiger partial charge on any atom is 0.320 e. The van der Waals surface area contributed by atoms with E-state index in [4.69, 9.17) is 0 Å². The van der Waals surface area contributed by atoms with Crippen molar-refractivity contribution in [3.05, 3.63) is 24.1 Å². The molecule has 16 heavy (non-hydrogen) atoms. The Bertz CT molecular complexity index is 489. The Hall–Kier alpha value is -1.54. The van der Waals surface area contributed by atoms with Gasteiger partial charge in [-0.2, -0.15) is 4.72 Å². The molecule has 0 atom stereocenters. The molecule has 0 aliphatic heterocycles. The standard InChI is InChI=1S/C8H9FN2O4S/c1-15-7(12)5-11-16(13,14)8-6(9)3-2-4-10-8/h2-4,11H,5H2,1H3. The molecule has 0 aliphatic rings. The third-order valence-electron chi connectivity index (χ3n) is 1.61. The van der Waals surface area contributed by atoms with Gasteiger partial charge in [0.15, 0.2) is 5.82 Å². The molecule has 1 heterocycles. The molecule has 1 rings (SSSR count). The summed E-state index contributed by atoms with van der Waals surface area (Å²) in [6.07, 6.45) is 1.13. The van der Waals surface area contributed by atoms with Crippen LogP contribution in [0.3, 0.4) is 0 Å². The summed E-state index contributed by atoms with van der Waals surface area (Å²) in [5.74, 6) is -1.76.